The zero-order valence-electron chi connectivity index (χ0n) is 13.1. The van der Waals surface area contributed by atoms with Crippen LogP contribution in [-0.2, 0) is 9.59 Å². The van der Waals surface area contributed by atoms with Crippen LogP contribution in [0.15, 0.2) is 0 Å². The monoisotopic (exact) mass is 268 g/mol. The molecule has 4 heteroatoms. The molecule has 0 bridgehead atoms. The Hall–Kier alpha value is -1.06. The first kappa shape index (κ1) is 16.0. The van der Waals surface area contributed by atoms with Gasteiger partial charge in [0.05, 0.1) is 0 Å². The summed E-state index contributed by atoms with van der Waals surface area (Å²) >= 11 is 0. The molecule has 110 valence electrons. The van der Waals surface area contributed by atoms with Gasteiger partial charge in [0.2, 0.25) is 11.8 Å². The number of nitrogens with zero attached hydrogens (tertiary/aromatic N) is 1. The van der Waals surface area contributed by atoms with E-state index in [0.717, 1.165) is 6.42 Å². The fraction of sp³-hybridized carbons (Fsp3) is 0.867. The van der Waals surface area contributed by atoms with Gasteiger partial charge in [0.25, 0.3) is 0 Å². The molecule has 4 nitrogen and oxygen atoms in total. The van der Waals surface area contributed by atoms with E-state index in [-0.39, 0.29) is 23.9 Å². The van der Waals surface area contributed by atoms with Crippen molar-refractivity contribution in [2.24, 2.45) is 5.92 Å². The Morgan fingerprint density at radius 2 is 1.74 bits per heavy atom. The molecule has 0 aromatic carbocycles. The van der Waals surface area contributed by atoms with Crippen molar-refractivity contribution in [3.63, 3.8) is 0 Å². The Balaban J connectivity index is 3.19. The van der Waals surface area contributed by atoms with Crippen LogP contribution in [0.25, 0.3) is 0 Å². The van der Waals surface area contributed by atoms with Crippen molar-refractivity contribution in [2.75, 3.05) is 0 Å². The lowest BCUT2D eigenvalue weighted by atomic mass is 9.85. The van der Waals surface area contributed by atoms with Crippen molar-refractivity contribution >= 4 is 11.8 Å². The van der Waals surface area contributed by atoms with Crippen LogP contribution < -0.4 is 5.32 Å². The number of piperazine rings is 1. The number of amides is 2. The highest BCUT2D eigenvalue weighted by Gasteiger charge is 2.49. The van der Waals surface area contributed by atoms with Crippen molar-refractivity contribution in [1.82, 2.24) is 10.2 Å². The fourth-order valence-electron chi connectivity index (χ4n) is 3.10. The smallest absolute Gasteiger partial charge is 0.249 e. The molecule has 2 atom stereocenters. The topological polar surface area (TPSA) is 49.4 Å². The number of hydrogen-bond donors (Lipinski definition) is 1. The molecule has 1 fully saturated rings. The predicted octanol–water partition coefficient (Wildman–Crippen LogP) is 2.33. The van der Waals surface area contributed by atoms with Crippen molar-refractivity contribution < 1.29 is 9.59 Å². The molecule has 0 saturated carbocycles. The quantitative estimate of drug-likeness (QED) is 0.832. The molecule has 0 aliphatic carbocycles. The van der Waals surface area contributed by atoms with Crippen LogP contribution in [0.4, 0.5) is 0 Å². The molecule has 19 heavy (non-hydrogen) atoms. The van der Waals surface area contributed by atoms with Gasteiger partial charge in [-0.05, 0) is 32.1 Å². The second-order valence-corrected chi connectivity index (χ2v) is 5.89. The summed E-state index contributed by atoms with van der Waals surface area (Å²) in [7, 11) is 0. The maximum atomic E-state index is 12.9. The first-order valence-corrected chi connectivity index (χ1v) is 7.49. The van der Waals surface area contributed by atoms with Gasteiger partial charge in [-0.1, -0.05) is 34.6 Å². The minimum Gasteiger partial charge on any atom is -0.340 e. The normalized spacial score (nSPS) is 24.6. The average Bonchev–Trinajstić information content (AvgIpc) is 2.38. The maximum Gasteiger partial charge on any atom is 0.249 e. The molecule has 1 aliphatic heterocycles. The highest BCUT2D eigenvalue weighted by molar-refractivity contribution is 5.99. The van der Waals surface area contributed by atoms with Crippen LogP contribution in [0.1, 0.15) is 60.8 Å². The zero-order chi connectivity index (χ0) is 14.8. The molecule has 2 unspecified atom stereocenters. The second-order valence-electron chi connectivity index (χ2n) is 5.89. The van der Waals surface area contributed by atoms with Gasteiger partial charge in [-0.2, -0.15) is 0 Å². The number of rotatable bonds is 5. The fourth-order valence-corrected chi connectivity index (χ4v) is 3.10. The minimum absolute atomic E-state index is 0.0256. The van der Waals surface area contributed by atoms with Gasteiger partial charge in [0.15, 0.2) is 0 Å². The first-order chi connectivity index (χ1) is 8.84. The number of hydrogen-bond acceptors (Lipinski definition) is 2. The predicted molar refractivity (Wildman–Crippen MR) is 76.7 cm³/mol. The third-order valence-corrected chi connectivity index (χ3v) is 4.56. The lowest BCUT2D eigenvalue weighted by Gasteiger charge is -2.48. The van der Waals surface area contributed by atoms with Crippen LogP contribution >= 0.6 is 0 Å². The summed E-state index contributed by atoms with van der Waals surface area (Å²) in [6, 6.07) is -0.239. The molecule has 0 aromatic heterocycles. The minimum atomic E-state index is -0.702. The van der Waals surface area contributed by atoms with Crippen molar-refractivity contribution in [3.05, 3.63) is 0 Å². The van der Waals surface area contributed by atoms with Crippen molar-refractivity contribution in [1.29, 1.82) is 0 Å². The molecule has 1 heterocycles. The van der Waals surface area contributed by atoms with Crippen molar-refractivity contribution in [3.8, 4) is 0 Å². The van der Waals surface area contributed by atoms with E-state index in [2.05, 4.69) is 26.1 Å². The molecule has 0 spiro atoms. The summed E-state index contributed by atoms with van der Waals surface area (Å²) in [5, 5.41) is 2.95. The lowest BCUT2D eigenvalue weighted by Crippen LogP contribution is -2.71. The summed E-state index contributed by atoms with van der Waals surface area (Å²) < 4.78 is 0. The Bertz CT molecular complexity index is 348. The number of nitrogens with one attached hydrogen (secondary N) is 1. The van der Waals surface area contributed by atoms with E-state index < -0.39 is 5.54 Å². The van der Waals surface area contributed by atoms with Crippen LogP contribution in [0.3, 0.4) is 0 Å². The van der Waals surface area contributed by atoms with Gasteiger partial charge in [-0.15, -0.1) is 0 Å². The third-order valence-electron chi connectivity index (χ3n) is 4.56. The van der Waals surface area contributed by atoms with E-state index in [1.165, 1.54) is 0 Å². The molecule has 1 N–H and O–H groups in total. The van der Waals surface area contributed by atoms with Crippen LogP contribution in [0, 0.1) is 5.92 Å². The highest BCUT2D eigenvalue weighted by Crippen LogP contribution is 2.29. The lowest BCUT2D eigenvalue weighted by molar-refractivity contribution is -0.159. The Labute approximate surface area is 116 Å². The molecule has 0 radical (unpaired) electrons. The SMILES string of the molecule is CCC(C(C)C)N1C(=O)C(CC)(CC)NC(=O)C1C. The summed E-state index contributed by atoms with van der Waals surface area (Å²) in [6.07, 6.45) is 2.17. The average molecular weight is 268 g/mol. The highest BCUT2D eigenvalue weighted by atomic mass is 16.2. The van der Waals surface area contributed by atoms with Gasteiger partial charge in [-0.3, -0.25) is 9.59 Å². The maximum absolute atomic E-state index is 12.9. The largest absolute Gasteiger partial charge is 0.340 e. The molecular formula is C15H28N2O2. The molecular weight excluding hydrogens is 240 g/mol. The van der Waals surface area contributed by atoms with E-state index in [1.807, 2.05) is 25.7 Å². The Morgan fingerprint density at radius 1 is 1.21 bits per heavy atom. The summed E-state index contributed by atoms with van der Waals surface area (Å²) in [5.74, 6) is 0.418. The Kier molecular flexibility index (Phi) is 4.99. The van der Waals surface area contributed by atoms with Crippen LogP contribution in [0.5, 0.6) is 0 Å². The van der Waals surface area contributed by atoms with E-state index in [9.17, 15) is 9.59 Å². The van der Waals surface area contributed by atoms with Gasteiger partial charge in [-0.25, -0.2) is 0 Å². The summed E-state index contributed by atoms with van der Waals surface area (Å²) in [5.41, 5.74) is -0.702. The van der Waals surface area contributed by atoms with E-state index in [1.54, 1.807) is 0 Å². The molecule has 1 aliphatic rings. The van der Waals surface area contributed by atoms with Gasteiger partial charge < -0.3 is 10.2 Å². The van der Waals surface area contributed by atoms with Gasteiger partial charge >= 0.3 is 0 Å². The van der Waals surface area contributed by atoms with E-state index in [0.29, 0.717) is 18.8 Å². The first-order valence-electron chi connectivity index (χ1n) is 7.49. The molecule has 2 amide bonds. The van der Waals surface area contributed by atoms with Crippen molar-refractivity contribution in [2.45, 2.75) is 78.4 Å². The summed E-state index contributed by atoms with van der Waals surface area (Å²) in [4.78, 5) is 26.9. The standard InChI is InChI=1S/C15H28N2O2/c1-7-12(10(4)5)17-11(6)13(18)16-15(8-2,9-3)14(17)19/h10-12H,7-9H2,1-6H3,(H,16,18). The van der Waals surface area contributed by atoms with Gasteiger partial charge in [0, 0.05) is 6.04 Å². The number of carbonyl (C=O) groups is 2. The third kappa shape index (κ3) is 2.63. The van der Waals surface area contributed by atoms with E-state index >= 15 is 0 Å². The molecule has 1 saturated heterocycles. The second kappa shape index (κ2) is 5.93. The van der Waals surface area contributed by atoms with Crippen LogP contribution in [0.2, 0.25) is 0 Å². The number of carbonyl (C=O) groups excluding carboxylic acids is 2. The molecule has 0 aromatic rings. The Morgan fingerprint density at radius 3 is 2.11 bits per heavy atom. The zero-order valence-corrected chi connectivity index (χ0v) is 13.1. The summed E-state index contributed by atoms with van der Waals surface area (Å²) in [6.45, 7) is 12.1. The molecule has 1 rings (SSSR count). The van der Waals surface area contributed by atoms with Gasteiger partial charge in [0.1, 0.15) is 11.6 Å². The van der Waals surface area contributed by atoms with Crippen LogP contribution in [-0.4, -0.2) is 34.3 Å². The van der Waals surface area contributed by atoms with E-state index in [4.69, 9.17) is 0 Å².